The number of ether oxygens (including phenoxy) is 1. The average Bonchev–Trinajstić information content (AvgIpc) is 2.72. The Balaban J connectivity index is 1.90. The lowest BCUT2D eigenvalue weighted by Crippen LogP contribution is -2.33. The maximum Gasteiger partial charge on any atom is 0.325 e. The smallest absolute Gasteiger partial charge is 0.325 e. The summed E-state index contributed by atoms with van der Waals surface area (Å²) in [6.45, 7) is 3.05. The predicted octanol–water partition coefficient (Wildman–Crippen LogP) is 0.808. The highest BCUT2D eigenvalue weighted by Gasteiger charge is 2.43. The minimum Gasteiger partial charge on any atom is -0.465 e. The minimum atomic E-state index is -0.286. The van der Waals surface area contributed by atoms with Gasteiger partial charge >= 0.3 is 5.97 Å². The van der Waals surface area contributed by atoms with E-state index in [0.29, 0.717) is 12.5 Å². The van der Waals surface area contributed by atoms with Crippen molar-refractivity contribution in [3.63, 3.8) is 0 Å². The third kappa shape index (κ3) is 1.98. The summed E-state index contributed by atoms with van der Waals surface area (Å²) in [6, 6.07) is 0. The summed E-state index contributed by atoms with van der Waals surface area (Å²) < 4.78 is 4.84. The third-order valence-electron chi connectivity index (χ3n) is 3.37. The van der Waals surface area contributed by atoms with Gasteiger partial charge in [0.25, 0.3) is 0 Å². The summed E-state index contributed by atoms with van der Waals surface area (Å²) >= 11 is 0. The molecule has 2 rings (SSSR count). The van der Waals surface area contributed by atoms with Crippen molar-refractivity contribution < 1.29 is 14.3 Å². The van der Waals surface area contributed by atoms with Gasteiger partial charge in [0.05, 0.1) is 6.61 Å². The molecule has 1 saturated heterocycles. The third-order valence-corrected chi connectivity index (χ3v) is 3.37. The molecular weight excluding hydrogens is 194 g/mol. The Bertz CT molecular complexity index is 277. The Hall–Kier alpha value is -1.06. The van der Waals surface area contributed by atoms with Crippen molar-refractivity contribution >= 4 is 11.9 Å². The molecule has 0 radical (unpaired) electrons. The maximum atomic E-state index is 11.8. The van der Waals surface area contributed by atoms with Crippen molar-refractivity contribution in [1.29, 1.82) is 0 Å². The highest BCUT2D eigenvalue weighted by atomic mass is 16.5. The van der Waals surface area contributed by atoms with Gasteiger partial charge in [-0.2, -0.15) is 0 Å². The second-order valence-corrected chi connectivity index (χ2v) is 4.32. The molecule has 0 aromatic rings. The highest BCUT2D eigenvalue weighted by Crippen LogP contribution is 2.38. The molecule has 0 aromatic heterocycles. The first kappa shape index (κ1) is 10.5. The van der Waals surface area contributed by atoms with Crippen LogP contribution >= 0.6 is 0 Å². The Labute approximate surface area is 89.6 Å². The number of carbonyl (C=O) groups is 2. The first-order chi connectivity index (χ1) is 7.22. The van der Waals surface area contributed by atoms with E-state index in [4.69, 9.17) is 4.74 Å². The fraction of sp³-hybridized carbons (Fsp3) is 0.818. The molecule has 1 aliphatic carbocycles. The zero-order valence-electron chi connectivity index (χ0n) is 9.07. The van der Waals surface area contributed by atoms with Crippen LogP contribution in [0.15, 0.2) is 0 Å². The van der Waals surface area contributed by atoms with Crippen LogP contribution in [0.3, 0.4) is 0 Å². The number of fused-ring (bicyclic) bond motifs is 1. The molecule has 2 fully saturated rings. The lowest BCUT2D eigenvalue weighted by Gasteiger charge is -2.15. The van der Waals surface area contributed by atoms with Crippen molar-refractivity contribution in [2.75, 3.05) is 19.7 Å². The summed E-state index contributed by atoms with van der Waals surface area (Å²) in [7, 11) is 0. The first-order valence-corrected chi connectivity index (χ1v) is 5.66. The van der Waals surface area contributed by atoms with Crippen molar-refractivity contribution in [2.45, 2.75) is 26.2 Å². The SMILES string of the molecule is CCOC(=O)CN1C[C@@H]2CCC[C@@H]2C1=O. The molecule has 1 heterocycles. The number of hydrogen-bond donors (Lipinski definition) is 0. The van der Waals surface area contributed by atoms with Crippen LogP contribution in [0.5, 0.6) is 0 Å². The number of nitrogens with zero attached hydrogens (tertiary/aromatic N) is 1. The number of likely N-dealkylation sites (tertiary alicyclic amines) is 1. The van der Waals surface area contributed by atoms with Crippen molar-refractivity contribution in [2.24, 2.45) is 11.8 Å². The molecule has 84 valence electrons. The van der Waals surface area contributed by atoms with Gasteiger partial charge in [0, 0.05) is 12.5 Å². The molecule has 1 saturated carbocycles. The zero-order chi connectivity index (χ0) is 10.8. The normalized spacial score (nSPS) is 29.4. The Morgan fingerprint density at radius 2 is 2.33 bits per heavy atom. The van der Waals surface area contributed by atoms with Crippen molar-refractivity contribution in [3.05, 3.63) is 0 Å². The van der Waals surface area contributed by atoms with Crippen LogP contribution in [0.4, 0.5) is 0 Å². The van der Waals surface area contributed by atoms with E-state index in [9.17, 15) is 9.59 Å². The fourth-order valence-electron chi connectivity index (χ4n) is 2.69. The van der Waals surface area contributed by atoms with E-state index in [0.717, 1.165) is 25.8 Å². The van der Waals surface area contributed by atoms with Gasteiger partial charge < -0.3 is 9.64 Å². The standard InChI is InChI=1S/C11H17NO3/c1-2-15-10(13)7-12-6-8-4-3-5-9(8)11(12)14/h8-9H,2-7H2,1H3/t8-,9-/m0/s1. The molecule has 15 heavy (non-hydrogen) atoms. The quantitative estimate of drug-likeness (QED) is 0.649. The molecule has 4 nitrogen and oxygen atoms in total. The van der Waals surface area contributed by atoms with Gasteiger partial charge in [-0.25, -0.2) is 0 Å². The van der Waals surface area contributed by atoms with Crippen LogP contribution in [0.1, 0.15) is 26.2 Å². The van der Waals surface area contributed by atoms with Gasteiger partial charge in [-0.1, -0.05) is 6.42 Å². The van der Waals surface area contributed by atoms with E-state index in [2.05, 4.69) is 0 Å². The molecule has 2 aliphatic rings. The van der Waals surface area contributed by atoms with Crippen molar-refractivity contribution in [3.8, 4) is 0 Å². The molecule has 1 amide bonds. The number of carbonyl (C=O) groups excluding carboxylic acids is 2. The van der Waals surface area contributed by atoms with E-state index in [-0.39, 0.29) is 24.3 Å². The van der Waals surface area contributed by atoms with E-state index in [1.807, 2.05) is 0 Å². The molecule has 0 bridgehead atoms. The van der Waals surface area contributed by atoms with Crippen LogP contribution in [0, 0.1) is 11.8 Å². The van der Waals surface area contributed by atoms with Gasteiger partial charge in [0.2, 0.25) is 5.91 Å². The zero-order valence-corrected chi connectivity index (χ0v) is 9.07. The Kier molecular flexibility index (Phi) is 2.93. The molecule has 0 N–H and O–H groups in total. The van der Waals surface area contributed by atoms with Crippen LogP contribution in [-0.2, 0) is 14.3 Å². The predicted molar refractivity (Wildman–Crippen MR) is 54.0 cm³/mol. The largest absolute Gasteiger partial charge is 0.465 e. The Morgan fingerprint density at radius 3 is 3.00 bits per heavy atom. The molecule has 1 aliphatic heterocycles. The van der Waals surface area contributed by atoms with Gasteiger partial charge in [0.15, 0.2) is 0 Å². The monoisotopic (exact) mass is 211 g/mol. The van der Waals surface area contributed by atoms with Crippen molar-refractivity contribution in [1.82, 2.24) is 4.90 Å². The summed E-state index contributed by atoms with van der Waals surface area (Å²) in [5, 5.41) is 0. The molecule has 4 heteroatoms. The Morgan fingerprint density at radius 1 is 1.53 bits per heavy atom. The molecule has 0 spiro atoms. The summed E-state index contributed by atoms with van der Waals surface area (Å²) in [5.74, 6) is 0.558. The van der Waals surface area contributed by atoms with Crippen LogP contribution < -0.4 is 0 Å². The summed E-state index contributed by atoms with van der Waals surface area (Å²) in [5.41, 5.74) is 0. The van der Waals surface area contributed by atoms with Gasteiger partial charge in [-0.3, -0.25) is 9.59 Å². The van der Waals surface area contributed by atoms with E-state index in [1.165, 1.54) is 0 Å². The first-order valence-electron chi connectivity index (χ1n) is 5.66. The fourth-order valence-corrected chi connectivity index (χ4v) is 2.69. The lowest BCUT2D eigenvalue weighted by atomic mass is 10.0. The van der Waals surface area contributed by atoms with Crippen LogP contribution in [0.25, 0.3) is 0 Å². The number of amides is 1. The second kappa shape index (κ2) is 4.21. The lowest BCUT2D eigenvalue weighted by molar-refractivity contribution is -0.148. The van der Waals surface area contributed by atoms with E-state index in [1.54, 1.807) is 11.8 Å². The molecule has 2 atom stereocenters. The number of rotatable bonds is 3. The number of esters is 1. The van der Waals surface area contributed by atoms with Crippen LogP contribution in [0.2, 0.25) is 0 Å². The van der Waals surface area contributed by atoms with E-state index < -0.39 is 0 Å². The molecule has 0 unspecified atom stereocenters. The molecule has 0 aromatic carbocycles. The summed E-state index contributed by atoms with van der Waals surface area (Å²) in [4.78, 5) is 24.8. The topological polar surface area (TPSA) is 46.6 Å². The minimum absolute atomic E-state index is 0.139. The second-order valence-electron chi connectivity index (χ2n) is 4.32. The van der Waals surface area contributed by atoms with Gasteiger partial charge in [-0.05, 0) is 25.7 Å². The number of hydrogen-bond acceptors (Lipinski definition) is 3. The maximum absolute atomic E-state index is 11.8. The van der Waals surface area contributed by atoms with E-state index >= 15 is 0 Å². The van der Waals surface area contributed by atoms with Gasteiger partial charge in [0.1, 0.15) is 6.54 Å². The average molecular weight is 211 g/mol. The van der Waals surface area contributed by atoms with Gasteiger partial charge in [-0.15, -0.1) is 0 Å². The highest BCUT2D eigenvalue weighted by molar-refractivity contribution is 5.85. The molecular formula is C11H17NO3. The van der Waals surface area contributed by atoms with Crippen LogP contribution in [-0.4, -0.2) is 36.5 Å². The summed E-state index contributed by atoms with van der Waals surface area (Å²) in [6.07, 6.45) is 3.30.